The fourth-order valence-corrected chi connectivity index (χ4v) is 14.4. The topological polar surface area (TPSA) is 520 Å². The number of nitrogens with zero attached hydrogens (tertiary/aromatic N) is 4. The summed E-state index contributed by atoms with van der Waals surface area (Å²) in [4.78, 5) is 203. The largest absolute Gasteiger partial charge is 0.394 e. The molecular weight excluding hydrogens is 1580 g/mol. The number of aliphatic hydroxyl groups is 1. The summed E-state index contributed by atoms with van der Waals surface area (Å²) in [5, 5.41) is 54.4. The maximum Gasteiger partial charge on any atom is 0.269 e. The van der Waals surface area contributed by atoms with Crippen molar-refractivity contribution in [3.05, 3.63) is 209 Å². The van der Waals surface area contributed by atoms with Crippen LogP contribution in [0.1, 0.15) is 135 Å². The van der Waals surface area contributed by atoms with Gasteiger partial charge in [0.05, 0.1) is 6.61 Å². The molecule has 646 valence electrons. The van der Waals surface area contributed by atoms with E-state index < -0.39 is 144 Å². The van der Waals surface area contributed by atoms with Crippen LogP contribution in [-0.4, -0.2) is 206 Å². The number of para-hydroxylation sites is 1. The van der Waals surface area contributed by atoms with Gasteiger partial charge in [0, 0.05) is 106 Å². The number of halogens is 1. The second-order valence-corrected chi connectivity index (χ2v) is 30.8. The van der Waals surface area contributed by atoms with Crippen molar-refractivity contribution in [3.63, 3.8) is 0 Å². The number of unbranched alkanes of at least 4 members (excludes halogenated alkanes) is 2. The molecule has 1 aliphatic heterocycles. The molecule has 9 rings (SSSR count). The summed E-state index contributed by atoms with van der Waals surface area (Å²) in [7, 11) is 0. The lowest BCUT2D eigenvalue weighted by atomic mass is 9.99. The minimum atomic E-state index is -1.86. The first-order chi connectivity index (χ1) is 58.7. The first kappa shape index (κ1) is 92.6. The average molecular weight is 1690 g/mol. The Kier molecular flexibility index (Phi) is 35.6. The van der Waals surface area contributed by atoms with Gasteiger partial charge in [0.1, 0.15) is 71.8 Å². The number of guanidine groups is 1. The molecule has 0 spiro atoms. The van der Waals surface area contributed by atoms with E-state index in [0.717, 1.165) is 21.7 Å². The summed E-state index contributed by atoms with van der Waals surface area (Å²) in [5.41, 5.74) is 14.5. The molecule has 35 heteroatoms. The molecule has 122 heavy (non-hydrogen) atoms. The summed E-state index contributed by atoms with van der Waals surface area (Å²) >= 11 is 6.28. The average Bonchev–Trinajstić information content (AvgIpc) is 1.62. The number of amides is 13. The van der Waals surface area contributed by atoms with Gasteiger partial charge in [-0.2, -0.15) is 0 Å². The van der Waals surface area contributed by atoms with Crippen LogP contribution in [0.5, 0.6) is 0 Å². The molecule has 5 heterocycles. The van der Waals surface area contributed by atoms with Crippen molar-refractivity contribution in [2.75, 3.05) is 32.8 Å². The van der Waals surface area contributed by atoms with Gasteiger partial charge in [0.2, 0.25) is 65.0 Å². The van der Waals surface area contributed by atoms with Crippen LogP contribution in [0.4, 0.5) is 0 Å². The van der Waals surface area contributed by atoms with Crippen molar-refractivity contribution < 1.29 is 67.4 Å². The maximum absolute atomic E-state index is 15.3. The number of hydrogen-bond acceptors (Lipinski definition) is 18. The van der Waals surface area contributed by atoms with Gasteiger partial charge in [-0.1, -0.05) is 116 Å². The van der Waals surface area contributed by atoms with E-state index in [1.165, 1.54) is 48.7 Å². The summed E-state index contributed by atoms with van der Waals surface area (Å²) < 4.78 is 0. The number of nitrogens with one attached hydrogen (secondary N) is 14. The molecule has 1 fully saturated rings. The third-order valence-electron chi connectivity index (χ3n) is 20.6. The van der Waals surface area contributed by atoms with Gasteiger partial charge in [-0.15, -0.1) is 0 Å². The van der Waals surface area contributed by atoms with Gasteiger partial charge in [-0.25, -0.2) is 0 Å². The molecule has 13 amide bonds. The Bertz CT molecular complexity index is 4930. The second kappa shape index (κ2) is 46.9. The summed E-state index contributed by atoms with van der Waals surface area (Å²) in [6.07, 6.45) is 8.30. The van der Waals surface area contributed by atoms with Crippen LogP contribution in [0.3, 0.4) is 0 Å². The van der Waals surface area contributed by atoms with Crippen molar-refractivity contribution in [1.29, 1.82) is 5.41 Å². The number of carbonyl (C=O) groups excluding carboxylic acids is 13. The molecule has 0 unspecified atom stereocenters. The van der Waals surface area contributed by atoms with Crippen LogP contribution < -0.4 is 75.3 Å². The molecular formula is C87H107ClN20O14. The number of pyridine rings is 3. The fourth-order valence-electron chi connectivity index (χ4n) is 14.3. The van der Waals surface area contributed by atoms with Crippen molar-refractivity contribution in [3.8, 4) is 0 Å². The fraction of sp³-hybridized carbons (Fsp3) is 0.391. The highest BCUT2D eigenvalue weighted by Gasteiger charge is 2.41. The molecule has 0 aliphatic carbocycles. The van der Waals surface area contributed by atoms with Crippen LogP contribution in [0.2, 0.25) is 5.02 Å². The lowest BCUT2D eigenvalue weighted by Crippen LogP contribution is -2.61. The van der Waals surface area contributed by atoms with Gasteiger partial charge in [0.15, 0.2) is 5.96 Å². The molecule has 10 atom stereocenters. The number of hydrogen-bond donors (Lipinski definition) is 17. The molecule has 0 saturated carbocycles. The third-order valence-corrected chi connectivity index (χ3v) is 20.8. The molecule has 8 aromatic rings. The Hall–Kier alpha value is -13.2. The van der Waals surface area contributed by atoms with Gasteiger partial charge >= 0.3 is 0 Å². The number of aromatic amines is 1. The van der Waals surface area contributed by atoms with Crippen LogP contribution in [0, 0.1) is 11.3 Å². The van der Waals surface area contributed by atoms with E-state index in [4.69, 9.17) is 28.5 Å². The molecule has 4 aromatic heterocycles. The molecule has 0 bridgehead atoms. The Morgan fingerprint density at radius 2 is 1.02 bits per heavy atom. The Labute approximate surface area is 710 Å². The molecule has 4 aromatic carbocycles. The first-order valence-electron chi connectivity index (χ1n) is 40.7. The van der Waals surface area contributed by atoms with E-state index >= 15 is 19.2 Å². The van der Waals surface area contributed by atoms with E-state index in [0.29, 0.717) is 40.1 Å². The number of aromatic nitrogens is 4. The van der Waals surface area contributed by atoms with Crippen molar-refractivity contribution in [1.82, 2.24) is 88.6 Å². The SMILES string of the molecule is CC(=O)N[C@H](Cc1ccc2ccccc2c1)C(=O)N[C@H](Cc1ccc(Cl)cc1)C(=O)N[C@H](Cc1cccnc1)C(=O)N[C@@H](CO)C(=O)N[C@@H](CCCCNC(=O)c1ccccn1)C(=O)N[C@H](CCCCNC(=O)c1ccccn1)C(=O)N[C@@H](CC(C)C)C(=O)N[C@@H](Cc1c[nH]c2ccccc12)C(=O)N1CCC[C@H]1C(=O)N[C@H](CCCNC(=N)N)C(N)=O. The maximum atomic E-state index is 15.3. The minimum Gasteiger partial charge on any atom is -0.394 e. The number of rotatable bonds is 46. The van der Waals surface area contributed by atoms with E-state index in [2.05, 4.69) is 83.7 Å². The minimum absolute atomic E-state index is 0.0187. The number of nitrogens with two attached hydrogens (primary N) is 2. The molecule has 1 saturated heterocycles. The van der Waals surface area contributed by atoms with Crippen LogP contribution >= 0.6 is 11.6 Å². The Morgan fingerprint density at radius 3 is 1.59 bits per heavy atom. The summed E-state index contributed by atoms with van der Waals surface area (Å²) in [6, 6.07) is 25.6. The summed E-state index contributed by atoms with van der Waals surface area (Å²) in [5.74, 6) is -10.6. The monoisotopic (exact) mass is 1690 g/mol. The zero-order valence-corrected chi connectivity index (χ0v) is 69.0. The predicted molar refractivity (Wildman–Crippen MR) is 456 cm³/mol. The van der Waals surface area contributed by atoms with E-state index in [-0.39, 0.29) is 133 Å². The lowest BCUT2D eigenvalue weighted by molar-refractivity contribution is -0.142. The number of carbonyl (C=O) groups is 13. The van der Waals surface area contributed by atoms with Crippen LogP contribution in [0.15, 0.2) is 171 Å². The third kappa shape index (κ3) is 28.8. The van der Waals surface area contributed by atoms with Crippen LogP contribution in [0.25, 0.3) is 21.7 Å². The number of H-pyrrole nitrogens is 1. The van der Waals surface area contributed by atoms with Gasteiger partial charge in [0.25, 0.3) is 11.8 Å². The Morgan fingerprint density at radius 1 is 0.508 bits per heavy atom. The number of benzene rings is 4. The standard InChI is InChI=1S/C87H107ClN20O14/c1-52(2)43-68(80(116)106-72(48-59-50-98-62-23-7-6-22-61(59)62)86(122)108-42-18-29-74(108)85(121)100-63(75(89)111)28-17-41-97-87(90)91)103-79(115)67(27-11-15-40-96-77(113)65-25-9-13-38-94-65)101-78(114)66(26-10-14-39-95-76(112)64-24-8-12-37-93-64)102-84(120)73(51-109)107-83(119)71(47-56-19-16-36-92-49-56)105-82(118)70(45-54-31-34-60(88)35-32-54)104-81(117)69(99-53(3)110)46-55-30-33-57-20-4-5-21-58(57)44-55/h4-9,12-13,16,19-25,30-38,44,49-50,52,63,66-74,98,109H,10-11,14-15,17-18,26-29,39-43,45-48,51H2,1-3H3,(H2,89,111)(H,95,112)(H,96,113)(H,99,110)(H,100,121)(H,101,114)(H,102,120)(H,103,115)(H,104,117)(H,105,118)(H,106,116)(H,107,119)(H4,90,91,97)/t63-,66+,67-,68+,69-,70-,71-,72+,73+,74+/m1/s1. The number of fused-ring (bicyclic) bond motifs is 2. The molecule has 1 aliphatic rings. The van der Waals surface area contributed by atoms with E-state index in [1.54, 1.807) is 86.8 Å². The zero-order chi connectivity index (χ0) is 87.6. The highest BCUT2D eigenvalue weighted by Crippen LogP contribution is 2.25. The number of aliphatic hydroxyl groups excluding tert-OH is 1. The normalized spacial score (nSPS) is 14.6. The smallest absolute Gasteiger partial charge is 0.269 e. The summed E-state index contributed by atoms with van der Waals surface area (Å²) in [6.45, 7) is 4.20. The zero-order valence-electron chi connectivity index (χ0n) is 68.2. The lowest BCUT2D eigenvalue weighted by Gasteiger charge is -2.31. The van der Waals surface area contributed by atoms with Gasteiger partial charge < -0.3 is 90.3 Å². The molecule has 19 N–H and O–H groups in total. The second-order valence-electron chi connectivity index (χ2n) is 30.4. The van der Waals surface area contributed by atoms with E-state index in [1.807, 2.05) is 60.7 Å². The number of primary amides is 1. The number of likely N-dealkylation sites (tertiary alicyclic amines) is 1. The van der Waals surface area contributed by atoms with Crippen molar-refractivity contribution >= 4 is 116 Å². The van der Waals surface area contributed by atoms with Crippen LogP contribution in [-0.2, 0) is 78.4 Å². The highest BCUT2D eigenvalue weighted by molar-refractivity contribution is 6.30. The Balaban J connectivity index is 0.974. The molecule has 0 radical (unpaired) electrons. The van der Waals surface area contributed by atoms with Crippen molar-refractivity contribution in [2.45, 2.75) is 178 Å². The predicted octanol–water partition coefficient (Wildman–Crippen LogP) is 2.79. The van der Waals surface area contributed by atoms with Crippen molar-refractivity contribution in [2.24, 2.45) is 17.4 Å². The molecule has 34 nitrogen and oxygen atoms in total. The van der Waals surface area contributed by atoms with Gasteiger partial charge in [-0.05, 0) is 158 Å². The van der Waals surface area contributed by atoms with Gasteiger partial charge in [-0.3, -0.25) is 82.7 Å². The highest BCUT2D eigenvalue weighted by atomic mass is 35.5. The quantitative estimate of drug-likeness (QED) is 0.0148. The first-order valence-corrected chi connectivity index (χ1v) is 41.1. The van der Waals surface area contributed by atoms with E-state index in [9.17, 15) is 48.3 Å².